The predicted molar refractivity (Wildman–Crippen MR) is 143 cm³/mol. The van der Waals surface area contributed by atoms with Gasteiger partial charge in [0, 0.05) is 16.6 Å². The summed E-state index contributed by atoms with van der Waals surface area (Å²) >= 11 is 1.18. The van der Waals surface area contributed by atoms with E-state index in [9.17, 15) is 18.0 Å². The number of hydrazone groups is 1. The second kappa shape index (κ2) is 12.0. The second-order valence-electron chi connectivity index (χ2n) is 8.04. The van der Waals surface area contributed by atoms with Gasteiger partial charge in [-0.3, -0.25) is 4.79 Å². The zero-order valence-corrected chi connectivity index (χ0v) is 21.4. The number of anilines is 2. The average Bonchev–Trinajstić information content (AvgIpc) is 3.31. The quantitative estimate of drug-likeness (QED) is 0.175. The van der Waals surface area contributed by atoms with Crippen LogP contribution in [0.1, 0.15) is 30.7 Å². The van der Waals surface area contributed by atoms with Crippen molar-refractivity contribution in [3.63, 3.8) is 0 Å². The molecule has 0 spiro atoms. The molecule has 1 heterocycles. The molecule has 11 heteroatoms. The predicted octanol–water partition coefficient (Wildman–Crippen LogP) is 6.55. The topological polar surface area (TPSA) is 84.8 Å². The molecule has 7 nitrogen and oxygen atoms in total. The molecule has 0 saturated carbocycles. The summed E-state index contributed by atoms with van der Waals surface area (Å²) < 4.78 is 50.2. The Morgan fingerprint density at radius 2 is 1.87 bits per heavy atom. The summed E-state index contributed by atoms with van der Waals surface area (Å²) in [4.78, 5) is 16.8. The van der Waals surface area contributed by atoms with Crippen molar-refractivity contribution in [1.82, 2.24) is 10.4 Å². The number of hydrogen-bond acceptors (Lipinski definition) is 7. The summed E-state index contributed by atoms with van der Waals surface area (Å²) in [7, 11) is 0. The minimum Gasteiger partial charge on any atom is -0.494 e. The first kappa shape index (κ1) is 26.9. The van der Waals surface area contributed by atoms with Crippen LogP contribution in [0.3, 0.4) is 0 Å². The molecule has 0 aliphatic carbocycles. The number of hydrogen-bond donors (Lipinski definition) is 2. The van der Waals surface area contributed by atoms with E-state index in [-0.39, 0.29) is 12.1 Å². The fraction of sp³-hybridized carbons (Fsp3) is 0.222. The number of benzene rings is 3. The first-order valence-corrected chi connectivity index (χ1v) is 12.7. The number of halogens is 3. The maximum atomic E-state index is 12.9. The van der Waals surface area contributed by atoms with Crippen molar-refractivity contribution in [2.45, 2.75) is 26.4 Å². The van der Waals surface area contributed by atoms with E-state index >= 15 is 0 Å². The zero-order chi connectivity index (χ0) is 27.1. The van der Waals surface area contributed by atoms with Gasteiger partial charge >= 0.3 is 6.18 Å². The highest BCUT2D eigenvalue weighted by molar-refractivity contribution is 7.13. The Labute approximate surface area is 221 Å². The molecule has 0 aliphatic heterocycles. The molecule has 198 valence electrons. The van der Waals surface area contributed by atoms with E-state index in [4.69, 9.17) is 9.47 Å². The molecule has 0 saturated heterocycles. The van der Waals surface area contributed by atoms with Gasteiger partial charge < -0.3 is 14.8 Å². The van der Waals surface area contributed by atoms with E-state index in [0.29, 0.717) is 41.1 Å². The van der Waals surface area contributed by atoms with Crippen molar-refractivity contribution in [3.8, 4) is 11.5 Å². The summed E-state index contributed by atoms with van der Waals surface area (Å²) in [5.74, 6) is 0.937. The molecular weight excluding hydrogens is 517 g/mol. The third-order valence-corrected chi connectivity index (χ3v) is 6.13. The summed E-state index contributed by atoms with van der Waals surface area (Å²) in [6, 6.07) is 14.4. The molecular formula is C27H25F3N4O3S. The molecule has 4 aromatic rings. The van der Waals surface area contributed by atoms with Gasteiger partial charge in [0.15, 0.2) is 5.13 Å². The Morgan fingerprint density at radius 3 is 2.63 bits per heavy atom. The highest BCUT2D eigenvalue weighted by Crippen LogP contribution is 2.32. The number of carbonyl (C=O) groups excluding carboxylic acids is 1. The fourth-order valence-corrected chi connectivity index (χ4v) is 4.42. The largest absolute Gasteiger partial charge is 0.494 e. The summed E-state index contributed by atoms with van der Waals surface area (Å²) in [5, 5.41) is 10.8. The normalized spacial score (nSPS) is 11.6. The van der Waals surface area contributed by atoms with Gasteiger partial charge in [0.2, 0.25) is 5.91 Å². The maximum Gasteiger partial charge on any atom is 0.416 e. The minimum absolute atomic E-state index is 0.0551. The molecule has 0 unspecified atom stereocenters. The van der Waals surface area contributed by atoms with Gasteiger partial charge in [-0.15, -0.1) is 11.3 Å². The number of rotatable bonds is 10. The van der Waals surface area contributed by atoms with E-state index in [2.05, 4.69) is 20.8 Å². The Bertz CT molecular complexity index is 1450. The highest BCUT2D eigenvalue weighted by atomic mass is 32.1. The van der Waals surface area contributed by atoms with Gasteiger partial charge in [0.05, 0.1) is 37.1 Å². The number of fused-ring (bicyclic) bond motifs is 1. The Morgan fingerprint density at radius 1 is 1.08 bits per heavy atom. The number of alkyl halides is 3. The van der Waals surface area contributed by atoms with Crippen LogP contribution in [-0.2, 0) is 17.4 Å². The molecule has 3 aromatic carbocycles. The van der Waals surface area contributed by atoms with Crippen LogP contribution in [0.2, 0.25) is 0 Å². The van der Waals surface area contributed by atoms with Gasteiger partial charge in [-0.2, -0.15) is 18.3 Å². The summed E-state index contributed by atoms with van der Waals surface area (Å²) in [5.41, 5.74) is 3.15. The zero-order valence-electron chi connectivity index (χ0n) is 20.6. The third kappa shape index (κ3) is 6.80. The van der Waals surface area contributed by atoms with Crippen molar-refractivity contribution in [2.75, 3.05) is 18.5 Å². The van der Waals surface area contributed by atoms with Gasteiger partial charge in [0.1, 0.15) is 11.5 Å². The Balaban J connectivity index is 1.43. The lowest BCUT2D eigenvalue weighted by Crippen LogP contribution is -2.20. The minimum atomic E-state index is -4.44. The van der Waals surface area contributed by atoms with E-state index in [1.165, 1.54) is 29.7 Å². The van der Waals surface area contributed by atoms with E-state index in [1.807, 2.05) is 44.2 Å². The lowest BCUT2D eigenvalue weighted by atomic mass is 10.0. The Hall–Kier alpha value is -4.12. The van der Waals surface area contributed by atoms with Crippen LogP contribution in [-0.4, -0.2) is 30.3 Å². The lowest BCUT2D eigenvalue weighted by molar-refractivity contribution is -0.137. The van der Waals surface area contributed by atoms with Crippen molar-refractivity contribution < 1.29 is 27.4 Å². The number of thiazole rings is 1. The van der Waals surface area contributed by atoms with Gasteiger partial charge in [-0.25, -0.2) is 10.4 Å². The van der Waals surface area contributed by atoms with Crippen LogP contribution < -0.4 is 20.2 Å². The Kier molecular flexibility index (Phi) is 8.47. The van der Waals surface area contributed by atoms with Crippen LogP contribution in [0, 0.1) is 0 Å². The van der Waals surface area contributed by atoms with Crippen LogP contribution in [0.15, 0.2) is 65.1 Å². The van der Waals surface area contributed by atoms with Crippen molar-refractivity contribution >= 4 is 45.0 Å². The second-order valence-corrected chi connectivity index (χ2v) is 8.90. The average molecular weight is 543 g/mol. The van der Waals surface area contributed by atoms with Crippen molar-refractivity contribution in [2.24, 2.45) is 5.10 Å². The smallest absolute Gasteiger partial charge is 0.416 e. The van der Waals surface area contributed by atoms with Gasteiger partial charge in [-0.05, 0) is 61.0 Å². The molecule has 0 radical (unpaired) electrons. The lowest BCUT2D eigenvalue weighted by Gasteiger charge is -2.12. The monoisotopic (exact) mass is 542 g/mol. The molecule has 4 rings (SSSR count). The number of amides is 1. The SMILES string of the molecule is CCOc1ccc2ccc(OCC)c(C=NNC(=O)Cc3csc(Nc4cccc(C(F)(F)F)c4)n3)c2c1. The number of nitrogens with one attached hydrogen (secondary N) is 2. The van der Waals surface area contributed by atoms with Gasteiger partial charge in [0.25, 0.3) is 0 Å². The summed E-state index contributed by atoms with van der Waals surface area (Å²) in [6.07, 6.45) is -2.96. The van der Waals surface area contributed by atoms with Crippen LogP contribution in [0.4, 0.5) is 24.0 Å². The van der Waals surface area contributed by atoms with Crippen LogP contribution >= 0.6 is 11.3 Å². The maximum absolute atomic E-state index is 12.9. The first-order chi connectivity index (χ1) is 18.3. The van der Waals surface area contributed by atoms with Crippen LogP contribution in [0.25, 0.3) is 10.8 Å². The van der Waals surface area contributed by atoms with Gasteiger partial charge in [-0.1, -0.05) is 18.2 Å². The third-order valence-electron chi connectivity index (χ3n) is 5.32. The van der Waals surface area contributed by atoms with E-state index in [0.717, 1.165) is 22.9 Å². The highest BCUT2D eigenvalue weighted by Gasteiger charge is 2.30. The standard InChI is InChI=1S/C27H25F3N4O3S/c1-3-36-21-10-8-17-9-11-24(37-4-2)23(22(17)14-21)15-31-34-25(35)13-20-16-38-26(33-20)32-19-7-5-6-18(12-19)27(28,29)30/h5-12,14-16H,3-4,13H2,1-2H3,(H,32,33)(H,34,35). The number of carbonyl (C=O) groups is 1. The number of ether oxygens (including phenoxy) is 2. The first-order valence-electron chi connectivity index (χ1n) is 11.8. The van der Waals surface area contributed by atoms with Crippen LogP contribution in [0.5, 0.6) is 11.5 Å². The molecule has 38 heavy (non-hydrogen) atoms. The van der Waals surface area contributed by atoms with E-state index in [1.54, 1.807) is 5.38 Å². The molecule has 0 atom stereocenters. The summed E-state index contributed by atoms with van der Waals surface area (Å²) in [6.45, 7) is 4.79. The molecule has 0 fully saturated rings. The molecule has 1 aromatic heterocycles. The molecule has 0 bridgehead atoms. The fourth-order valence-electron chi connectivity index (χ4n) is 3.69. The van der Waals surface area contributed by atoms with E-state index < -0.39 is 17.6 Å². The number of aromatic nitrogens is 1. The molecule has 0 aliphatic rings. The van der Waals surface area contributed by atoms with Crippen molar-refractivity contribution in [3.05, 3.63) is 76.8 Å². The molecule has 2 N–H and O–H groups in total. The molecule has 1 amide bonds. The van der Waals surface area contributed by atoms with Crippen molar-refractivity contribution in [1.29, 1.82) is 0 Å². The number of nitrogens with zero attached hydrogens (tertiary/aromatic N) is 2.